The minimum atomic E-state index is 0.735. The summed E-state index contributed by atoms with van der Waals surface area (Å²) in [5.74, 6) is 0.842. The van der Waals surface area contributed by atoms with Crippen molar-refractivity contribution >= 4 is 0 Å². The molecule has 1 aromatic rings. The zero-order chi connectivity index (χ0) is 11.5. The lowest BCUT2D eigenvalue weighted by atomic mass is 10.4. The van der Waals surface area contributed by atoms with Crippen molar-refractivity contribution in [2.75, 3.05) is 33.4 Å². The molecule has 1 heterocycles. The van der Waals surface area contributed by atoms with Crippen LogP contribution in [0.3, 0.4) is 0 Å². The topological polar surface area (TPSA) is 59.1 Å². The summed E-state index contributed by atoms with van der Waals surface area (Å²) < 4.78 is 4.93. The zero-order valence-corrected chi connectivity index (χ0v) is 9.78. The molecule has 0 radical (unpaired) electrons. The van der Waals surface area contributed by atoms with Crippen LogP contribution in [0, 0.1) is 0 Å². The van der Waals surface area contributed by atoms with Gasteiger partial charge >= 0.3 is 0 Å². The van der Waals surface area contributed by atoms with Gasteiger partial charge in [0.25, 0.3) is 0 Å². The molecule has 0 aliphatic rings. The van der Waals surface area contributed by atoms with Gasteiger partial charge in [0.15, 0.2) is 0 Å². The van der Waals surface area contributed by atoms with Crippen molar-refractivity contribution in [1.82, 2.24) is 20.6 Å². The fourth-order valence-corrected chi connectivity index (χ4v) is 1.26. The highest BCUT2D eigenvalue weighted by atomic mass is 16.5. The van der Waals surface area contributed by atoms with Gasteiger partial charge in [0.1, 0.15) is 5.82 Å². The Labute approximate surface area is 96.6 Å². The van der Waals surface area contributed by atoms with Crippen LogP contribution in [0.2, 0.25) is 0 Å². The van der Waals surface area contributed by atoms with Crippen molar-refractivity contribution < 1.29 is 4.74 Å². The van der Waals surface area contributed by atoms with Gasteiger partial charge in [0.05, 0.1) is 13.2 Å². The minimum Gasteiger partial charge on any atom is -0.383 e. The van der Waals surface area contributed by atoms with Gasteiger partial charge < -0.3 is 15.4 Å². The largest absolute Gasteiger partial charge is 0.383 e. The molecule has 0 aromatic carbocycles. The van der Waals surface area contributed by atoms with Crippen LogP contribution < -0.4 is 10.6 Å². The second-order valence-corrected chi connectivity index (χ2v) is 3.44. The summed E-state index contributed by atoms with van der Waals surface area (Å²) in [4.78, 5) is 8.26. The third-order valence-corrected chi connectivity index (χ3v) is 2.09. The molecule has 5 heteroatoms. The van der Waals surface area contributed by atoms with Gasteiger partial charge in [-0.15, -0.1) is 0 Å². The average Bonchev–Trinajstić information content (AvgIpc) is 2.34. The van der Waals surface area contributed by atoms with Crippen molar-refractivity contribution in [1.29, 1.82) is 0 Å². The number of nitrogens with zero attached hydrogens (tertiary/aromatic N) is 2. The van der Waals surface area contributed by atoms with Gasteiger partial charge in [-0.3, -0.25) is 0 Å². The van der Waals surface area contributed by atoms with Gasteiger partial charge in [-0.05, 0) is 25.6 Å². The summed E-state index contributed by atoms with van der Waals surface area (Å²) in [6.45, 7) is 4.40. The van der Waals surface area contributed by atoms with Gasteiger partial charge in [-0.25, -0.2) is 9.97 Å². The van der Waals surface area contributed by atoms with Crippen molar-refractivity contribution in [3.63, 3.8) is 0 Å². The number of methoxy groups -OCH3 is 1. The summed E-state index contributed by atoms with van der Waals surface area (Å²) in [6, 6.07) is 1.82. The van der Waals surface area contributed by atoms with Crippen LogP contribution in [0.25, 0.3) is 0 Å². The van der Waals surface area contributed by atoms with E-state index in [9.17, 15) is 0 Å². The quantitative estimate of drug-likeness (QED) is 0.587. The van der Waals surface area contributed by atoms with Crippen LogP contribution >= 0.6 is 0 Å². The molecular formula is C11H20N4O. The van der Waals surface area contributed by atoms with E-state index in [2.05, 4.69) is 20.6 Å². The molecule has 2 N–H and O–H groups in total. The van der Waals surface area contributed by atoms with Crippen molar-refractivity contribution in [3.8, 4) is 0 Å². The van der Waals surface area contributed by atoms with E-state index in [-0.39, 0.29) is 0 Å². The SMILES string of the molecule is COCCNCCCNCc1ncccn1. The van der Waals surface area contributed by atoms with E-state index in [1.54, 1.807) is 19.5 Å². The number of nitrogens with one attached hydrogen (secondary N) is 2. The molecule has 0 fully saturated rings. The van der Waals surface area contributed by atoms with Crippen LogP contribution in [-0.2, 0) is 11.3 Å². The van der Waals surface area contributed by atoms with Crippen LogP contribution in [0.4, 0.5) is 0 Å². The van der Waals surface area contributed by atoms with E-state index >= 15 is 0 Å². The zero-order valence-electron chi connectivity index (χ0n) is 9.78. The van der Waals surface area contributed by atoms with E-state index in [0.29, 0.717) is 0 Å². The Morgan fingerprint density at radius 2 is 1.88 bits per heavy atom. The third-order valence-electron chi connectivity index (χ3n) is 2.09. The lowest BCUT2D eigenvalue weighted by molar-refractivity contribution is 0.199. The highest BCUT2D eigenvalue weighted by Crippen LogP contribution is 1.86. The molecule has 0 aliphatic heterocycles. The smallest absolute Gasteiger partial charge is 0.141 e. The van der Waals surface area contributed by atoms with E-state index in [1.165, 1.54) is 0 Å². The first-order valence-electron chi connectivity index (χ1n) is 5.59. The molecule has 0 atom stereocenters. The van der Waals surface area contributed by atoms with Gasteiger partial charge in [0, 0.05) is 26.0 Å². The Morgan fingerprint density at radius 1 is 1.12 bits per heavy atom. The number of hydrogen-bond donors (Lipinski definition) is 2. The molecule has 90 valence electrons. The maximum Gasteiger partial charge on any atom is 0.141 e. The molecule has 5 nitrogen and oxygen atoms in total. The summed E-state index contributed by atoms with van der Waals surface area (Å²) in [7, 11) is 1.71. The molecule has 0 saturated heterocycles. The van der Waals surface area contributed by atoms with Gasteiger partial charge in [0.2, 0.25) is 0 Å². The Hall–Kier alpha value is -1.04. The number of hydrogen-bond acceptors (Lipinski definition) is 5. The summed E-state index contributed by atoms with van der Waals surface area (Å²) in [6.07, 6.45) is 4.61. The second kappa shape index (κ2) is 9.21. The Morgan fingerprint density at radius 3 is 2.62 bits per heavy atom. The first-order chi connectivity index (χ1) is 7.93. The predicted octanol–water partition coefficient (Wildman–Crippen LogP) is 0.192. The highest BCUT2D eigenvalue weighted by molar-refractivity contribution is 4.87. The van der Waals surface area contributed by atoms with Crippen LogP contribution in [0.5, 0.6) is 0 Å². The maximum absolute atomic E-state index is 4.93. The van der Waals surface area contributed by atoms with Crippen LogP contribution in [0.1, 0.15) is 12.2 Å². The van der Waals surface area contributed by atoms with E-state index in [4.69, 9.17) is 4.74 Å². The monoisotopic (exact) mass is 224 g/mol. The predicted molar refractivity (Wildman–Crippen MR) is 63.1 cm³/mol. The number of aromatic nitrogens is 2. The molecule has 0 unspecified atom stereocenters. The van der Waals surface area contributed by atoms with Gasteiger partial charge in [-0.1, -0.05) is 0 Å². The summed E-state index contributed by atoms with van der Waals surface area (Å²) in [5.41, 5.74) is 0. The number of ether oxygens (including phenoxy) is 1. The molecule has 1 rings (SSSR count). The van der Waals surface area contributed by atoms with Crippen LogP contribution in [-0.4, -0.2) is 43.3 Å². The summed E-state index contributed by atoms with van der Waals surface area (Å²) >= 11 is 0. The fourth-order valence-electron chi connectivity index (χ4n) is 1.26. The standard InChI is InChI=1S/C11H20N4O/c1-16-9-8-12-4-2-5-13-10-11-14-6-3-7-15-11/h3,6-7,12-13H,2,4-5,8-10H2,1H3. The molecule has 0 spiro atoms. The Kier molecular flexibility index (Phi) is 7.49. The Bertz CT molecular complexity index is 255. The van der Waals surface area contributed by atoms with Gasteiger partial charge in [-0.2, -0.15) is 0 Å². The molecule has 0 saturated carbocycles. The van der Waals surface area contributed by atoms with Crippen LogP contribution in [0.15, 0.2) is 18.5 Å². The van der Waals surface area contributed by atoms with Crippen molar-refractivity contribution in [2.24, 2.45) is 0 Å². The van der Waals surface area contributed by atoms with Crippen molar-refractivity contribution in [2.45, 2.75) is 13.0 Å². The normalized spacial score (nSPS) is 10.6. The highest BCUT2D eigenvalue weighted by Gasteiger charge is 1.93. The molecular weight excluding hydrogens is 204 g/mol. The lowest BCUT2D eigenvalue weighted by Gasteiger charge is -2.05. The minimum absolute atomic E-state index is 0.735. The summed E-state index contributed by atoms with van der Waals surface area (Å²) in [5, 5.41) is 6.59. The lowest BCUT2D eigenvalue weighted by Crippen LogP contribution is -2.24. The molecule has 0 amide bonds. The van der Waals surface area contributed by atoms with Crippen molar-refractivity contribution in [3.05, 3.63) is 24.3 Å². The fraction of sp³-hybridized carbons (Fsp3) is 0.636. The molecule has 16 heavy (non-hydrogen) atoms. The molecule has 0 bridgehead atoms. The second-order valence-electron chi connectivity index (χ2n) is 3.44. The number of rotatable bonds is 9. The van der Waals surface area contributed by atoms with E-state index < -0.39 is 0 Å². The third kappa shape index (κ3) is 6.44. The van der Waals surface area contributed by atoms with E-state index in [0.717, 1.165) is 45.0 Å². The molecule has 1 aromatic heterocycles. The molecule has 0 aliphatic carbocycles. The first kappa shape index (κ1) is 13.0. The van der Waals surface area contributed by atoms with E-state index in [1.807, 2.05) is 6.07 Å². The average molecular weight is 224 g/mol. The Balaban J connectivity index is 1.89. The maximum atomic E-state index is 4.93. The first-order valence-corrected chi connectivity index (χ1v) is 5.59.